The minimum absolute atomic E-state index is 0.281. The molecule has 0 radical (unpaired) electrons. The highest BCUT2D eigenvalue weighted by molar-refractivity contribution is 5.95. The molecule has 0 saturated heterocycles. The molecule has 24 heavy (non-hydrogen) atoms. The third-order valence-corrected chi connectivity index (χ3v) is 3.21. The molecule has 1 amide bonds. The van der Waals surface area contributed by atoms with Crippen LogP contribution in [0.1, 0.15) is 28.4 Å². The number of carbonyl (C=O) groups excluding carboxylic acids is 1. The number of pyridine rings is 1. The predicted molar refractivity (Wildman–Crippen MR) is 94.3 cm³/mol. The molecule has 1 aromatic carbocycles. The van der Waals surface area contributed by atoms with Crippen LogP contribution in [0.5, 0.6) is 5.75 Å². The van der Waals surface area contributed by atoms with Crippen LogP contribution in [0.3, 0.4) is 0 Å². The number of hydrazone groups is 1. The zero-order chi connectivity index (χ0) is 17.4. The van der Waals surface area contributed by atoms with E-state index in [1.807, 2.05) is 39.2 Å². The lowest BCUT2D eigenvalue weighted by molar-refractivity contribution is 0.0955. The normalized spacial score (nSPS) is 11.0. The summed E-state index contributed by atoms with van der Waals surface area (Å²) in [5.41, 5.74) is 4.92. The zero-order valence-corrected chi connectivity index (χ0v) is 14.2. The summed E-state index contributed by atoms with van der Waals surface area (Å²) >= 11 is 0. The van der Waals surface area contributed by atoms with Gasteiger partial charge in [0, 0.05) is 35.6 Å². The van der Waals surface area contributed by atoms with E-state index in [1.54, 1.807) is 30.7 Å². The highest BCUT2D eigenvalue weighted by atomic mass is 16.5. The Labute approximate surface area is 142 Å². The molecule has 0 aliphatic heterocycles. The molecule has 2 rings (SSSR count). The SMILES string of the molecule is CCOc1c(/C=N\NC(=O)c2ccncc2)cccc1CN(C)C. The monoisotopic (exact) mass is 326 g/mol. The van der Waals surface area contributed by atoms with Crippen LogP contribution < -0.4 is 10.2 Å². The fraction of sp³-hybridized carbons (Fsp3) is 0.278. The van der Waals surface area contributed by atoms with E-state index in [1.165, 1.54) is 0 Å². The van der Waals surface area contributed by atoms with Gasteiger partial charge >= 0.3 is 0 Å². The second-order valence-electron chi connectivity index (χ2n) is 5.44. The van der Waals surface area contributed by atoms with Crippen LogP contribution in [-0.4, -0.2) is 42.7 Å². The third kappa shape index (κ3) is 4.89. The van der Waals surface area contributed by atoms with Crippen molar-refractivity contribution in [2.75, 3.05) is 20.7 Å². The van der Waals surface area contributed by atoms with E-state index in [-0.39, 0.29) is 5.91 Å². The zero-order valence-electron chi connectivity index (χ0n) is 14.2. The molecule has 126 valence electrons. The third-order valence-electron chi connectivity index (χ3n) is 3.21. The quantitative estimate of drug-likeness (QED) is 0.626. The number of nitrogens with one attached hydrogen (secondary N) is 1. The smallest absolute Gasteiger partial charge is 0.271 e. The maximum atomic E-state index is 12.0. The number of rotatable bonds is 7. The minimum atomic E-state index is -0.281. The van der Waals surface area contributed by atoms with E-state index >= 15 is 0 Å². The topological polar surface area (TPSA) is 66.8 Å². The average Bonchev–Trinajstić information content (AvgIpc) is 2.58. The summed E-state index contributed by atoms with van der Waals surface area (Å²) in [4.78, 5) is 17.9. The van der Waals surface area contributed by atoms with Crippen LogP contribution >= 0.6 is 0 Å². The maximum absolute atomic E-state index is 12.0. The molecule has 0 unspecified atom stereocenters. The lowest BCUT2D eigenvalue weighted by atomic mass is 10.1. The van der Waals surface area contributed by atoms with Crippen molar-refractivity contribution in [3.63, 3.8) is 0 Å². The Morgan fingerprint density at radius 2 is 2.04 bits per heavy atom. The molecule has 0 aliphatic carbocycles. The first-order valence-electron chi connectivity index (χ1n) is 7.74. The number of amides is 1. The van der Waals surface area contributed by atoms with Gasteiger partial charge in [-0.3, -0.25) is 9.78 Å². The van der Waals surface area contributed by atoms with Crippen LogP contribution in [0.4, 0.5) is 0 Å². The number of para-hydroxylation sites is 1. The summed E-state index contributed by atoms with van der Waals surface area (Å²) < 4.78 is 5.77. The van der Waals surface area contributed by atoms with Crippen LogP contribution in [-0.2, 0) is 6.54 Å². The number of nitrogens with zero attached hydrogens (tertiary/aromatic N) is 3. The Hall–Kier alpha value is -2.73. The van der Waals surface area contributed by atoms with E-state index < -0.39 is 0 Å². The van der Waals surface area contributed by atoms with E-state index in [0.717, 1.165) is 23.4 Å². The van der Waals surface area contributed by atoms with E-state index in [0.29, 0.717) is 12.2 Å². The van der Waals surface area contributed by atoms with Crippen molar-refractivity contribution in [2.24, 2.45) is 5.10 Å². The molecule has 2 aromatic rings. The number of ether oxygens (including phenoxy) is 1. The first kappa shape index (κ1) is 17.6. The van der Waals surface area contributed by atoms with Gasteiger partial charge in [0.25, 0.3) is 5.91 Å². The second-order valence-corrected chi connectivity index (χ2v) is 5.44. The van der Waals surface area contributed by atoms with Crippen molar-refractivity contribution in [1.29, 1.82) is 0 Å². The lowest BCUT2D eigenvalue weighted by Crippen LogP contribution is -2.17. The molecule has 1 N–H and O–H groups in total. The molecule has 0 fully saturated rings. The van der Waals surface area contributed by atoms with E-state index in [2.05, 4.69) is 20.4 Å². The molecule has 0 bridgehead atoms. The molecule has 6 heteroatoms. The molecule has 0 atom stereocenters. The molecule has 1 heterocycles. The standard InChI is InChI=1S/C18H22N4O2/c1-4-24-17-15(6-5-7-16(17)13-22(2)3)12-20-21-18(23)14-8-10-19-11-9-14/h5-12H,4,13H2,1-3H3,(H,21,23)/b20-12-. The van der Waals surface area contributed by atoms with Crippen molar-refractivity contribution in [2.45, 2.75) is 13.5 Å². The van der Waals surface area contributed by atoms with Gasteiger partial charge in [0.05, 0.1) is 12.8 Å². The Morgan fingerprint density at radius 3 is 2.71 bits per heavy atom. The molecular formula is C18H22N4O2. The van der Waals surface area contributed by atoms with Gasteiger partial charge < -0.3 is 9.64 Å². The molecule has 0 spiro atoms. The van der Waals surface area contributed by atoms with Gasteiger partial charge in [-0.2, -0.15) is 5.10 Å². The summed E-state index contributed by atoms with van der Waals surface area (Å²) in [6.45, 7) is 3.27. The fourth-order valence-electron chi connectivity index (χ4n) is 2.22. The van der Waals surface area contributed by atoms with Gasteiger partial charge in [-0.1, -0.05) is 12.1 Å². The number of aromatic nitrogens is 1. The molecule has 1 aromatic heterocycles. The van der Waals surface area contributed by atoms with Crippen molar-refractivity contribution in [3.05, 3.63) is 59.4 Å². The van der Waals surface area contributed by atoms with Gasteiger partial charge in [0.2, 0.25) is 0 Å². The van der Waals surface area contributed by atoms with Crippen molar-refractivity contribution in [3.8, 4) is 5.75 Å². The van der Waals surface area contributed by atoms with Crippen LogP contribution in [0.25, 0.3) is 0 Å². The number of benzene rings is 1. The summed E-state index contributed by atoms with van der Waals surface area (Å²) in [6, 6.07) is 9.15. The Bertz CT molecular complexity index is 699. The number of hydrogen-bond acceptors (Lipinski definition) is 5. The van der Waals surface area contributed by atoms with Crippen LogP contribution in [0, 0.1) is 0 Å². The predicted octanol–water partition coefficient (Wildman–Crippen LogP) is 2.31. The fourth-order valence-corrected chi connectivity index (χ4v) is 2.22. The summed E-state index contributed by atoms with van der Waals surface area (Å²) in [7, 11) is 4.01. The van der Waals surface area contributed by atoms with Crippen LogP contribution in [0.2, 0.25) is 0 Å². The van der Waals surface area contributed by atoms with Gasteiger partial charge in [-0.05, 0) is 39.2 Å². The first-order chi connectivity index (χ1) is 11.6. The second kappa shape index (κ2) is 8.79. The van der Waals surface area contributed by atoms with Gasteiger partial charge in [-0.15, -0.1) is 0 Å². The Kier molecular flexibility index (Phi) is 6.45. The highest BCUT2D eigenvalue weighted by Gasteiger charge is 2.09. The van der Waals surface area contributed by atoms with Gasteiger partial charge in [-0.25, -0.2) is 5.43 Å². The van der Waals surface area contributed by atoms with Crippen LogP contribution in [0.15, 0.2) is 47.8 Å². The molecule has 0 saturated carbocycles. The molecule has 6 nitrogen and oxygen atoms in total. The summed E-state index contributed by atoms with van der Waals surface area (Å²) in [6.07, 6.45) is 4.73. The van der Waals surface area contributed by atoms with Crippen molar-refractivity contribution in [1.82, 2.24) is 15.3 Å². The van der Waals surface area contributed by atoms with Gasteiger partial charge in [0.1, 0.15) is 5.75 Å². The first-order valence-corrected chi connectivity index (χ1v) is 7.74. The Balaban J connectivity index is 2.14. The number of hydrogen-bond donors (Lipinski definition) is 1. The maximum Gasteiger partial charge on any atom is 0.271 e. The van der Waals surface area contributed by atoms with E-state index in [4.69, 9.17) is 4.74 Å². The highest BCUT2D eigenvalue weighted by Crippen LogP contribution is 2.24. The average molecular weight is 326 g/mol. The lowest BCUT2D eigenvalue weighted by Gasteiger charge is -2.16. The summed E-state index contributed by atoms with van der Waals surface area (Å²) in [5.74, 6) is 0.506. The summed E-state index contributed by atoms with van der Waals surface area (Å²) in [5, 5.41) is 4.04. The molecular weight excluding hydrogens is 304 g/mol. The van der Waals surface area contributed by atoms with Gasteiger partial charge in [0.15, 0.2) is 0 Å². The largest absolute Gasteiger partial charge is 0.493 e. The van der Waals surface area contributed by atoms with Crippen molar-refractivity contribution < 1.29 is 9.53 Å². The molecule has 0 aliphatic rings. The Morgan fingerprint density at radius 1 is 1.29 bits per heavy atom. The minimum Gasteiger partial charge on any atom is -0.493 e. The number of carbonyl (C=O) groups is 1. The van der Waals surface area contributed by atoms with Crippen molar-refractivity contribution >= 4 is 12.1 Å². The van der Waals surface area contributed by atoms with E-state index in [9.17, 15) is 4.79 Å².